The smallest absolute Gasteiger partial charge is 0.0683 e. The third-order valence-corrected chi connectivity index (χ3v) is 13.1. The van der Waals surface area contributed by atoms with E-state index in [2.05, 4.69) is 193 Å². The summed E-state index contributed by atoms with van der Waals surface area (Å²) >= 11 is 1.96. The van der Waals surface area contributed by atoms with E-state index >= 15 is 0 Å². The fraction of sp³-hybridized carbons (Fsp3) is 0.176. The summed E-state index contributed by atoms with van der Waals surface area (Å²) in [5.74, 6) is 0.268. The summed E-state index contributed by atoms with van der Waals surface area (Å²) in [6.45, 7) is 12.7. The Kier molecular flexibility index (Phi) is 9.45. The molecule has 2 aliphatic carbocycles. The summed E-state index contributed by atoms with van der Waals surface area (Å²) in [5, 5.41) is 2.96. The van der Waals surface area contributed by atoms with Crippen molar-refractivity contribution < 1.29 is 0 Å². The average molecular weight is 734 g/mol. The van der Waals surface area contributed by atoms with Crippen LogP contribution in [0.5, 0.6) is 0 Å². The van der Waals surface area contributed by atoms with E-state index in [0.29, 0.717) is 5.25 Å². The van der Waals surface area contributed by atoms with Crippen LogP contribution in [0.25, 0.3) is 16.8 Å². The predicted molar refractivity (Wildman–Crippen MR) is 238 cm³/mol. The summed E-state index contributed by atoms with van der Waals surface area (Å²) in [6.07, 6.45) is 24.9. The molecule has 0 bridgehead atoms. The number of aryl methyl sites for hydroxylation is 1. The summed E-state index contributed by atoms with van der Waals surface area (Å²) in [4.78, 5) is 8.97. The minimum atomic E-state index is 0.237. The maximum atomic E-state index is 4.25. The maximum absolute atomic E-state index is 4.25. The number of thioether (sulfide) groups is 1. The van der Waals surface area contributed by atoms with Gasteiger partial charge in [0.1, 0.15) is 0 Å². The molecule has 0 amide bonds. The first-order valence-electron chi connectivity index (χ1n) is 19.6. The number of para-hydroxylation sites is 2. The normalized spacial score (nSPS) is 21.2. The lowest BCUT2D eigenvalue weighted by Crippen LogP contribution is -2.41. The highest BCUT2D eigenvalue weighted by Gasteiger charge is 2.41. The Morgan fingerprint density at radius 2 is 1.58 bits per heavy atom. The van der Waals surface area contributed by atoms with Gasteiger partial charge in [-0.15, -0.1) is 11.8 Å². The fourth-order valence-corrected chi connectivity index (χ4v) is 10.6. The van der Waals surface area contributed by atoms with Gasteiger partial charge >= 0.3 is 0 Å². The number of anilines is 5. The first-order chi connectivity index (χ1) is 27.1. The van der Waals surface area contributed by atoms with E-state index in [1.807, 2.05) is 23.9 Å². The van der Waals surface area contributed by atoms with Crippen molar-refractivity contribution in [1.29, 1.82) is 0 Å². The monoisotopic (exact) mass is 733 g/mol. The molecule has 3 nitrogen and oxygen atoms in total. The van der Waals surface area contributed by atoms with Crippen molar-refractivity contribution in [2.24, 2.45) is 0 Å². The second-order valence-electron chi connectivity index (χ2n) is 14.6. The zero-order chi connectivity index (χ0) is 37.5. The van der Waals surface area contributed by atoms with E-state index in [9.17, 15) is 0 Å². The lowest BCUT2D eigenvalue weighted by Gasteiger charge is -2.42. The molecule has 2 heterocycles. The molecular weight excluding hydrogens is 687 g/mol. The molecule has 0 saturated heterocycles. The Hall–Kier alpha value is -5.71. The van der Waals surface area contributed by atoms with Crippen molar-refractivity contribution in [3.05, 3.63) is 199 Å². The van der Waals surface area contributed by atoms with Crippen molar-refractivity contribution in [1.82, 2.24) is 0 Å². The topological polar surface area (TPSA) is 9.72 Å². The van der Waals surface area contributed by atoms with E-state index in [1.165, 1.54) is 72.2 Å². The van der Waals surface area contributed by atoms with Crippen molar-refractivity contribution in [3.63, 3.8) is 0 Å². The first kappa shape index (κ1) is 35.0. The summed E-state index contributed by atoms with van der Waals surface area (Å²) in [6, 6.07) is 38.9. The minimum Gasteiger partial charge on any atom is -0.338 e. The van der Waals surface area contributed by atoms with Gasteiger partial charge in [0.2, 0.25) is 0 Å². The Labute approximate surface area is 330 Å². The van der Waals surface area contributed by atoms with Crippen LogP contribution in [0.2, 0.25) is 0 Å². The average Bonchev–Trinajstić information content (AvgIpc) is 3.57. The second-order valence-corrected chi connectivity index (χ2v) is 15.9. The molecule has 0 spiro atoms. The Morgan fingerprint density at radius 3 is 2.36 bits per heavy atom. The molecule has 272 valence electrons. The molecule has 0 saturated carbocycles. The number of hydrogen-bond donors (Lipinski definition) is 0. The highest BCUT2D eigenvalue weighted by atomic mass is 32.2. The molecule has 4 atom stereocenters. The minimum absolute atomic E-state index is 0.237. The van der Waals surface area contributed by atoms with Gasteiger partial charge in [-0.05, 0) is 103 Å². The van der Waals surface area contributed by atoms with Crippen LogP contribution in [0.3, 0.4) is 0 Å². The van der Waals surface area contributed by atoms with Crippen LogP contribution in [-0.2, 0) is 6.42 Å². The van der Waals surface area contributed by atoms with Gasteiger partial charge < -0.3 is 14.7 Å². The lowest BCUT2D eigenvalue weighted by atomic mass is 9.84. The SMILES string of the molecule is C=C/C=C\C(=C/C)N(c1cc(C=C)c(CC)c2ccccc12)C1CC=C2C(C1)c1ccccc1N2c1ccc(N2c3ccccc3SC3C=CC=CC32)cc1. The second kappa shape index (κ2) is 14.8. The third kappa shape index (κ3) is 6.00. The molecule has 0 radical (unpaired) electrons. The molecule has 0 N–H and O–H groups in total. The van der Waals surface area contributed by atoms with Crippen LogP contribution in [0.1, 0.15) is 49.3 Å². The van der Waals surface area contributed by atoms with Crippen LogP contribution < -0.4 is 14.7 Å². The summed E-state index contributed by atoms with van der Waals surface area (Å²) < 4.78 is 0. The van der Waals surface area contributed by atoms with E-state index in [1.54, 1.807) is 0 Å². The van der Waals surface area contributed by atoms with E-state index in [0.717, 1.165) is 19.3 Å². The number of hydrogen-bond acceptors (Lipinski definition) is 4. The van der Waals surface area contributed by atoms with Gasteiger partial charge in [-0.1, -0.05) is 129 Å². The van der Waals surface area contributed by atoms with Crippen LogP contribution in [0.4, 0.5) is 28.4 Å². The molecule has 5 aromatic rings. The van der Waals surface area contributed by atoms with Gasteiger partial charge in [0, 0.05) is 56.4 Å². The van der Waals surface area contributed by atoms with Gasteiger partial charge in [-0.2, -0.15) is 0 Å². The van der Waals surface area contributed by atoms with Gasteiger partial charge in [0.05, 0.1) is 17.0 Å². The van der Waals surface area contributed by atoms with E-state index in [4.69, 9.17) is 0 Å². The molecule has 9 rings (SSSR count). The Bertz CT molecular complexity index is 2450. The number of nitrogens with zero attached hydrogens (tertiary/aromatic N) is 3. The third-order valence-electron chi connectivity index (χ3n) is 11.7. The zero-order valence-corrected chi connectivity index (χ0v) is 32.5. The Balaban J connectivity index is 1.11. The van der Waals surface area contributed by atoms with Crippen LogP contribution in [0.15, 0.2) is 187 Å². The molecule has 4 unspecified atom stereocenters. The highest BCUT2D eigenvalue weighted by Crippen LogP contribution is 2.54. The standard InChI is InChI=1S/C51H47N3S/c1-5-9-18-36(7-3)52(49-33-35(6-2)40(8-4)41-19-10-11-20-42(41)49)39-31-32-46-44(34-39)43-21-12-13-22-45(43)53(46)37-27-29-38(30-28-37)54-47-23-14-16-25-50(47)55-51-26-17-15-24-48(51)54/h5-7,9-30,32-33,39,44,47,50H,1-2,8,31,34H2,3-4H3/b18-9-,36-7+. The summed E-state index contributed by atoms with van der Waals surface area (Å²) in [5.41, 5.74) is 12.7. The number of fused-ring (bicyclic) bond motifs is 6. The number of allylic oxidation sites excluding steroid dienone is 7. The largest absolute Gasteiger partial charge is 0.338 e. The van der Waals surface area contributed by atoms with Crippen LogP contribution >= 0.6 is 11.8 Å². The van der Waals surface area contributed by atoms with Crippen LogP contribution in [0, 0.1) is 0 Å². The molecule has 0 fully saturated rings. The van der Waals surface area contributed by atoms with Crippen molar-refractivity contribution in [2.75, 3.05) is 14.7 Å². The van der Waals surface area contributed by atoms with Gasteiger partial charge in [0.15, 0.2) is 0 Å². The quantitative estimate of drug-likeness (QED) is 0.140. The molecule has 2 aliphatic heterocycles. The van der Waals surface area contributed by atoms with Crippen molar-refractivity contribution in [2.45, 2.75) is 61.3 Å². The molecular formula is C51H47N3S. The number of benzene rings is 5. The fourth-order valence-electron chi connectivity index (χ4n) is 9.34. The first-order valence-corrected chi connectivity index (χ1v) is 20.5. The number of rotatable bonds is 9. The molecule has 0 aromatic heterocycles. The molecule has 5 aromatic carbocycles. The van der Waals surface area contributed by atoms with E-state index < -0.39 is 0 Å². The van der Waals surface area contributed by atoms with Gasteiger partial charge in [0.25, 0.3) is 0 Å². The van der Waals surface area contributed by atoms with Gasteiger partial charge in [-0.3, -0.25) is 0 Å². The molecule has 4 aliphatic rings. The highest BCUT2D eigenvalue weighted by molar-refractivity contribution is 8.00. The predicted octanol–water partition coefficient (Wildman–Crippen LogP) is 13.6. The zero-order valence-electron chi connectivity index (χ0n) is 31.7. The molecule has 55 heavy (non-hydrogen) atoms. The van der Waals surface area contributed by atoms with Crippen molar-refractivity contribution >= 4 is 57.0 Å². The molecule has 4 heteroatoms. The Morgan fingerprint density at radius 1 is 0.855 bits per heavy atom. The van der Waals surface area contributed by atoms with Crippen LogP contribution in [-0.4, -0.2) is 17.3 Å². The summed E-state index contributed by atoms with van der Waals surface area (Å²) in [7, 11) is 0. The lowest BCUT2D eigenvalue weighted by molar-refractivity contribution is 0.528. The van der Waals surface area contributed by atoms with E-state index in [-0.39, 0.29) is 18.0 Å². The maximum Gasteiger partial charge on any atom is 0.0683 e. The van der Waals surface area contributed by atoms with Gasteiger partial charge in [-0.25, -0.2) is 0 Å². The van der Waals surface area contributed by atoms with Crippen molar-refractivity contribution in [3.8, 4) is 0 Å².